The number of benzene rings is 1. The molecule has 5 nitrogen and oxygen atoms in total. The molecule has 0 radical (unpaired) electrons. The lowest BCUT2D eigenvalue weighted by Crippen LogP contribution is -2.46. The maximum absolute atomic E-state index is 5.58. The number of hydrogen-bond donors (Lipinski definition) is 0. The highest BCUT2D eigenvalue weighted by molar-refractivity contribution is 5.36. The molecule has 1 aromatic carbocycles. The number of hydrogen-bond acceptors (Lipinski definition) is 4. The van der Waals surface area contributed by atoms with Crippen LogP contribution in [-0.4, -0.2) is 53.1 Å². The third-order valence-corrected chi connectivity index (χ3v) is 4.90. The van der Waals surface area contributed by atoms with E-state index in [1.165, 1.54) is 5.56 Å². The van der Waals surface area contributed by atoms with Crippen LogP contribution in [0.1, 0.15) is 37.3 Å². The highest BCUT2D eigenvalue weighted by Gasteiger charge is 2.28. The Hall–Kier alpha value is -1.85. The zero-order chi connectivity index (χ0) is 17.1. The predicted octanol–water partition coefficient (Wildman–Crippen LogP) is 2.96. The maximum Gasteiger partial charge on any atom is 0.123 e. The first-order valence-electron chi connectivity index (χ1n) is 8.67. The van der Waals surface area contributed by atoms with Crippen molar-refractivity contribution in [3.05, 3.63) is 48.0 Å². The summed E-state index contributed by atoms with van der Waals surface area (Å²) >= 11 is 0. The number of imidazole rings is 1. The number of rotatable bonds is 5. The van der Waals surface area contributed by atoms with Gasteiger partial charge in [0.2, 0.25) is 0 Å². The van der Waals surface area contributed by atoms with Crippen LogP contribution in [0.5, 0.6) is 5.75 Å². The van der Waals surface area contributed by atoms with Crippen LogP contribution in [0.3, 0.4) is 0 Å². The number of methoxy groups -OCH3 is 1. The van der Waals surface area contributed by atoms with Crippen molar-refractivity contribution in [1.29, 1.82) is 0 Å². The van der Waals surface area contributed by atoms with E-state index in [4.69, 9.17) is 4.74 Å². The smallest absolute Gasteiger partial charge is 0.123 e. The Balaban J connectivity index is 1.77. The van der Waals surface area contributed by atoms with Crippen LogP contribution in [-0.2, 0) is 6.54 Å². The first kappa shape index (κ1) is 17.0. The Kier molecular flexibility index (Phi) is 5.21. The van der Waals surface area contributed by atoms with E-state index in [9.17, 15) is 0 Å². The van der Waals surface area contributed by atoms with Gasteiger partial charge >= 0.3 is 0 Å². The number of piperazine rings is 1. The Morgan fingerprint density at radius 1 is 1.25 bits per heavy atom. The van der Waals surface area contributed by atoms with Gasteiger partial charge in [-0.2, -0.15) is 0 Å². The van der Waals surface area contributed by atoms with Crippen molar-refractivity contribution in [2.75, 3.05) is 33.8 Å². The van der Waals surface area contributed by atoms with Crippen molar-refractivity contribution in [3.8, 4) is 5.75 Å². The first-order chi connectivity index (χ1) is 11.6. The summed E-state index contributed by atoms with van der Waals surface area (Å²) in [5.41, 5.74) is 1.26. The molecule has 0 unspecified atom stereocenters. The number of aromatic nitrogens is 2. The van der Waals surface area contributed by atoms with Crippen molar-refractivity contribution < 1.29 is 4.74 Å². The number of nitrogens with zero attached hydrogens (tertiary/aromatic N) is 4. The SMILES string of the molecule is COc1ccccc1[C@H]1CN(Cc2nccn2C(C)C)CCN1C. The lowest BCUT2D eigenvalue weighted by atomic mass is 10.0. The van der Waals surface area contributed by atoms with Crippen LogP contribution in [0.2, 0.25) is 0 Å². The first-order valence-corrected chi connectivity index (χ1v) is 8.67. The van der Waals surface area contributed by atoms with Crippen LogP contribution in [0, 0.1) is 0 Å². The van der Waals surface area contributed by atoms with E-state index in [1.807, 2.05) is 18.3 Å². The van der Waals surface area contributed by atoms with Crippen molar-refractivity contribution in [3.63, 3.8) is 0 Å². The maximum atomic E-state index is 5.58. The van der Waals surface area contributed by atoms with E-state index >= 15 is 0 Å². The summed E-state index contributed by atoms with van der Waals surface area (Å²) in [6.45, 7) is 8.39. The highest BCUT2D eigenvalue weighted by atomic mass is 16.5. The van der Waals surface area contributed by atoms with E-state index in [2.05, 4.69) is 58.6 Å². The molecule has 1 aliphatic rings. The van der Waals surface area contributed by atoms with E-state index in [1.54, 1.807) is 7.11 Å². The van der Waals surface area contributed by atoms with Crippen molar-refractivity contribution >= 4 is 0 Å². The zero-order valence-corrected chi connectivity index (χ0v) is 15.1. The van der Waals surface area contributed by atoms with Gasteiger partial charge in [-0.3, -0.25) is 9.80 Å². The molecule has 2 aromatic rings. The van der Waals surface area contributed by atoms with Gasteiger partial charge in [0.15, 0.2) is 0 Å². The second-order valence-corrected chi connectivity index (χ2v) is 6.82. The Morgan fingerprint density at radius 3 is 2.79 bits per heavy atom. The Bertz CT molecular complexity index is 667. The molecule has 1 saturated heterocycles. The number of likely N-dealkylation sites (N-methyl/N-ethyl adjacent to an activating group) is 1. The summed E-state index contributed by atoms with van der Waals surface area (Å²) in [5.74, 6) is 2.12. The van der Waals surface area contributed by atoms with Crippen LogP contribution >= 0.6 is 0 Å². The molecule has 0 aliphatic carbocycles. The molecule has 5 heteroatoms. The number of para-hydroxylation sites is 1. The van der Waals surface area contributed by atoms with Crippen LogP contribution in [0.4, 0.5) is 0 Å². The van der Waals surface area contributed by atoms with Crippen molar-refractivity contribution in [2.45, 2.75) is 32.5 Å². The van der Waals surface area contributed by atoms with Gasteiger partial charge in [0, 0.05) is 43.6 Å². The third kappa shape index (κ3) is 3.47. The van der Waals surface area contributed by atoms with E-state index in [0.717, 1.165) is 37.8 Å². The largest absolute Gasteiger partial charge is 0.496 e. The molecule has 1 aromatic heterocycles. The second-order valence-electron chi connectivity index (χ2n) is 6.82. The van der Waals surface area contributed by atoms with E-state index in [-0.39, 0.29) is 0 Å². The molecular weight excluding hydrogens is 300 g/mol. The molecule has 24 heavy (non-hydrogen) atoms. The van der Waals surface area contributed by atoms with E-state index in [0.29, 0.717) is 12.1 Å². The average Bonchev–Trinajstić information content (AvgIpc) is 3.05. The van der Waals surface area contributed by atoms with Gasteiger partial charge in [0.25, 0.3) is 0 Å². The topological polar surface area (TPSA) is 33.5 Å². The Morgan fingerprint density at radius 2 is 2.04 bits per heavy atom. The van der Waals surface area contributed by atoms with Gasteiger partial charge in [0.05, 0.1) is 19.7 Å². The average molecular weight is 328 g/mol. The molecule has 0 spiro atoms. The van der Waals surface area contributed by atoms with Gasteiger partial charge < -0.3 is 9.30 Å². The Labute approximate surface area is 144 Å². The quantitative estimate of drug-likeness (QED) is 0.845. The molecule has 1 fully saturated rings. The molecule has 2 heterocycles. The molecule has 0 amide bonds. The molecule has 130 valence electrons. The van der Waals surface area contributed by atoms with Gasteiger partial charge in [0.1, 0.15) is 11.6 Å². The van der Waals surface area contributed by atoms with Gasteiger partial charge in [-0.25, -0.2) is 4.98 Å². The molecule has 3 rings (SSSR count). The predicted molar refractivity (Wildman–Crippen MR) is 96.3 cm³/mol. The minimum Gasteiger partial charge on any atom is -0.496 e. The molecule has 0 bridgehead atoms. The third-order valence-electron chi connectivity index (χ3n) is 4.90. The summed E-state index contributed by atoms with van der Waals surface area (Å²) < 4.78 is 7.84. The van der Waals surface area contributed by atoms with Crippen LogP contribution < -0.4 is 4.74 Å². The molecule has 1 aliphatic heterocycles. The van der Waals surface area contributed by atoms with E-state index < -0.39 is 0 Å². The minimum atomic E-state index is 0.345. The van der Waals surface area contributed by atoms with Crippen LogP contribution in [0.15, 0.2) is 36.7 Å². The number of ether oxygens (including phenoxy) is 1. The second kappa shape index (κ2) is 7.36. The van der Waals surface area contributed by atoms with Gasteiger partial charge in [-0.1, -0.05) is 18.2 Å². The summed E-state index contributed by atoms with van der Waals surface area (Å²) in [7, 11) is 3.95. The normalized spacial score (nSPS) is 19.8. The van der Waals surface area contributed by atoms with Crippen LogP contribution in [0.25, 0.3) is 0 Å². The molecule has 0 N–H and O–H groups in total. The van der Waals surface area contributed by atoms with Crippen molar-refractivity contribution in [2.24, 2.45) is 0 Å². The fourth-order valence-electron chi connectivity index (χ4n) is 3.49. The lowest BCUT2D eigenvalue weighted by molar-refractivity contribution is 0.0861. The molecule has 1 atom stereocenters. The van der Waals surface area contributed by atoms with Gasteiger partial charge in [-0.05, 0) is 27.0 Å². The van der Waals surface area contributed by atoms with Gasteiger partial charge in [-0.15, -0.1) is 0 Å². The summed E-state index contributed by atoms with van der Waals surface area (Å²) in [5, 5.41) is 0. The van der Waals surface area contributed by atoms with Crippen molar-refractivity contribution in [1.82, 2.24) is 19.4 Å². The standard InChI is InChI=1S/C19H28N4O/c1-15(2)23-10-9-20-19(23)14-22-12-11-21(3)17(13-22)16-7-5-6-8-18(16)24-4/h5-10,15,17H,11-14H2,1-4H3/t17-/m1/s1. The molecular formula is C19H28N4O. The summed E-state index contributed by atoms with van der Waals surface area (Å²) in [6, 6.07) is 9.14. The fourth-order valence-corrected chi connectivity index (χ4v) is 3.49. The zero-order valence-electron chi connectivity index (χ0n) is 15.1. The highest BCUT2D eigenvalue weighted by Crippen LogP contribution is 2.31. The molecule has 0 saturated carbocycles. The summed E-state index contributed by atoms with van der Waals surface area (Å²) in [6.07, 6.45) is 3.98. The lowest BCUT2D eigenvalue weighted by Gasteiger charge is -2.40. The minimum absolute atomic E-state index is 0.345. The summed E-state index contributed by atoms with van der Waals surface area (Å²) in [4.78, 5) is 9.48. The fraction of sp³-hybridized carbons (Fsp3) is 0.526. The monoisotopic (exact) mass is 328 g/mol.